The molecule has 1 aliphatic carbocycles. The van der Waals surface area contributed by atoms with Crippen LogP contribution in [-0.2, 0) is 0 Å². The molecular formula is C13H24N2O. The molecule has 3 aliphatic rings. The summed E-state index contributed by atoms with van der Waals surface area (Å²) in [5.74, 6) is 0. The normalized spacial score (nSPS) is 44.8. The fourth-order valence-corrected chi connectivity index (χ4v) is 3.85. The summed E-state index contributed by atoms with van der Waals surface area (Å²) in [4.78, 5) is 2.66. The molecule has 0 aromatic carbocycles. The lowest BCUT2D eigenvalue weighted by molar-refractivity contribution is 0.128. The van der Waals surface area contributed by atoms with Gasteiger partial charge in [0.1, 0.15) is 0 Å². The molecule has 0 aromatic heterocycles. The van der Waals surface area contributed by atoms with E-state index in [2.05, 4.69) is 10.2 Å². The summed E-state index contributed by atoms with van der Waals surface area (Å²) in [5, 5.41) is 13.6. The molecule has 2 saturated heterocycles. The fraction of sp³-hybridized carbons (Fsp3) is 1.00. The molecule has 3 nitrogen and oxygen atoms in total. The zero-order valence-corrected chi connectivity index (χ0v) is 10.1. The summed E-state index contributed by atoms with van der Waals surface area (Å²) in [6.45, 7) is 2.57. The second-order valence-electron chi connectivity index (χ2n) is 5.77. The van der Waals surface area contributed by atoms with Gasteiger partial charge in [-0.25, -0.2) is 0 Å². The Hall–Kier alpha value is -0.120. The Labute approximate surface area is 98.2 Å². The molecule has 2 aliphatic heterocycles. The lowest BCUT2D eigenvalue weighted by Gasteiger charge is -2.34. The molecule has 2 unspecified atom stereocenters. The van der Waals surface area contributed by atoms with E-state index in [0.717, 1.165) is 12.5 Å². The van der Waals surface area contributed by atoms with Crippen molar-refractivity contribution in [3.63, 3.8) is 0 Å². The van der Waals surface area contributed by atoms with Crippen LogP contribution in [0.25, 0.3) is 0 Å². The summed E-state index contributed by atoms with van der Waals surface area (Å²) >= 11 is 0. The van der Waals surface area contributed by atoms with Gasteiger partial charge in [-0.2, -0.15) is 0 Å². The van der Waals surface area contributed by atoms with E-state index in [1.54, 1.807) is 0 Å². The first kappa shape index (κ1) is 11.0. The van der Waals surface area contributed by atoms with Crippen molar-refractivity contribution >= 4 is 0 Å². The van der Waals surface area contributed by atoms with E-state index in [0.29, 0.717) is 12.1 Å². The largest absolute Gasteiger partial charge is 0.392 e. The van der Waals surface area contributed by atoms with Crippen LogP contribution in [0.3, 0.4) is 0 Å². The third kappa shape index (κ3) is 2.01. The van der Waals surface area contributed by atoms with E-state index in [9.17, 15) is 5.11 Å². The minimum atomic E-state index is -0.0855. The Kier molecular flexibility index (Phi) is 3.18. The number of rotatable bonds is 2. The van der Waals surface area contributed by atoms with Gasteiger partial charge in [0.05, 0.1) is 6.10 Å². The van der Waals surface area contributed by atoms with Crippen molar-refractivity contribution in [2.75, 3.05) is 13.1 Å². The van der Waals surface area contributed by atoms with Gasteiger partial charge in [-0.3, -0.25) is 4.90 Å². The number of hydrogen-bond acceptors (Lipinski definition) is 3. The van der Waals surface area contributed by atoms with Crippen LogP contribution < -0.4 is 5.32 Å². The van der Waals surface area contributed by atoms with Gasteiger partial charge in [0.2, 0.25) is 0 Å². The van der Waals surface area contributed by atoms with E-state index in [-0.39, 0.29) is 6.10 Å². The van der Waals surface area contributed by atoms with Crippen LogP contribution in [0.5, 0.6) is 0 Å². The topological polar surface area (TPSA) is 35.5 Å². The van der Waals surface area contributed by atoms with Crippen molar-refractivity contribution < 1.29 is 5.11 Å². The van der Waals surface area contributed by atoms with Crippen molar-refractivity contribution in [3.8, 4) is 0 Å². The Balaban J connectivity index is 1.58. The average molecular weight is 224 g/mol. The molecule has 4 atom stereocenters. The predicted octanol–water partition coefficient (Wildman–Crippen LogP) is 1.12. The number of piperidine rings is 1. The fourth-order valence-electron chi connectivity index (χ4n) is 3.85. The van der Waals surface area contributed by atoms with Crippen molar-refractivity contribution in [2.24, 2.45) is 0 Å². The highest BCUT2D eigenvalue weighted by Crippen LogP contribution is 2.29. The molecule has 0 aromatic rings. The van der Waals surface area contributed by atoms with Gasteiger partial charge >= 0.3 is 0 Å². The van der Waals surface area contributed by atoms with Gasteiger partial charge in [-0.05, 0) is 45.1 Å². The van der Waals surface area contributed by atoms with Gasteiger partial charge < -0.3 is 10.4 Å². The Morgan fingerprint density at radius 2 is 1.81 bits per heavy atom. The molecule has 3 heteroatoms. The summed E-state index contributed by atoms with van der Waals surface area (Å²) < 4.78 is 0. The molecule has 16 heavy (non-hydrogen) atoms. The van der Waals surface area contributed by atoms with Crippen LogP contribution in [0.1, 0.15) is 44.9 Å². The highest BCUT2D eigenvalue weighted by Gasteiger charge is 2.38. The monoisotopic (exact) mass is 224 g/mol. The number of hydrogen-bond donors (Lipinski definition) is 2. The SMILES string of the molecule is O[C@@H]1CCC[C@H]1NC1CCN2CCCCC12. The van der Waals surface area contributed by atoms with Crippen LogP contribution in [0.2, 0.25) is 0 Å². The molecular weight excluding hydrogens is 200 g/mol. The standard InChI is InChI=1S/C13H24N2O/c16-13-6-3-4-11(13)14-10-7-9-15-8-2-1-5-12(10)15/h10-14,16H,1-9H2/t10?,11-,12?,13-/m1/s1. The molecule has 92 valence electrons. The van der Waals surface area contributed by atoms with Crippen LogP contribution in [0.4, 0.5) is 0 Å². The molecule has 2 heterocycles. The highest BCUT2D eigenvalue weighted by molar-refractivity contribution is 4.97. The maximum absolute atomic E-state index is 9.87. The van der Waals surface area contributed by atoms with Gasteiger partial charge in [0.25, 0.3) is 0 Å². The summed E-state index contributed by atoms with van der Waals surface area (Å²) in [5.41, 5.74) is 0. The van der Waals surface area contributed by atoms with Gasteiger partial charge in [-0.1, -0.05) is 6.42 Å². The van der Waals surface area contributed by atoms with Crippen molar-refractivity contribution in [1.29, 1.82) is 0 Å². The molecule has 2 N–H and O–H groups in total. The predicted molar refractivity (Wildman–Crippen MR) is 64.4 cm³/mol. The zero-order valence-electron chi connectivity index (χ0n) is 10.1. The molecule has 1 saturated carbocycles. The summed E-state index contributed by atoms with van der Waals surface area (Å²) in [7, 11) is 0. The van der Waals surface area contributed by atoms with E-state index >= 15 is 0 Å². The minimum Gasteiger partial charge on any atom is -0.392 e. The number of aliphatic hydroxyl groups excluding tert-OH is 1. The van der Waals surface area contributed by atoms with Crippen molar-refractivity contribution in [3.05, 3.63) is 0 Å². The highest BCUT2D eigenvalue weighted by atomic mass is 16.3. The second kappa shape index (κ2) is 4.63. The van der Waals surface area contributed by atoms with E-state index < -0.39 is 0 Å². The first-order valence-corrected chi connectivity index (χ1v) is 7.03. The van der Waals surface area contributed by atoms with Gasteiger partial charge in [-0.15, -0.1) is 0 Å². The third-order valence-electron chi connectivity index (χ3n) is 4.76. The Bertz CT molecular complexity index is 246. The zero-order chi connectivity index (χ0) is 11.0. The van der Waals surface area contributed by atoms with Crippen LogP contribution in [0.15, 0.2) is 0 Å². The Morgan fingerprint density at radius 1 is 0.875 bits per heavy atom. The van der Waals surface area contributed by atoms with Crippen molar-refractivity contribution in [1.82, 2.24) is 10.2 Å². The molecule has 0 amide bonds. The van der Waals surface area contributed by atoms with Crippen LogP contribution in [0, 0.1) is 0 Å². The number of fused-ring (bicyclic) bond motifs is 1. The quantitative estimate of drug-likeness (QED) is 0.738. The first-order chi connectivity index (χ1) is 7.84. The van der Waals surface area contributed by atoms with E-state index in [1.807, 2.05) is 0 Å². The number of nitrogens with one attached hydrogen (secondary N) is 1. The summed E-state index contributed by atoms with van der Waals surface area (Å²) in [6.07, 6.45) is 8.71. The van der Waals surface area contributed by atoms with Crippen LogP contribution in [-0.4, -0.2) is 47.3 Å². The van der Waals surface area contributed by atoms with E-state index in [4.69, 9.17) is 0 Å². The third-order valence-corrected chi connectivity index (χ3v) is 4.76. The maximum atomic E-state index is 9.87. The number of nitrogens with zero attached hydrogens (tertiary/aromatic N) is 1. The average Bonchev–Trinajstić information content (AvgIpc) is 2.88. The minimum absolute atomic E-state index is 0.0855. The number of aliphatic hydroxyl groups is 1. The lowest BCUT2D eigenvalue weighted by Crippen LogP contribution is -2.50. The molecule has 3 rings (SSSR count). The summed E-state index contributed by atoms with van der Waals surface area (Å²) in [6, 6.07) is 1.80. The van der Waals surface area contributed by atoms with Crippen molar-refractivity contribution in [2.45, 2.75) is 69.2 Å². The molecule has 3 fully saturated rings. The smallest absolute Gasteiger partial charge is 0.0693 e. The lowest BCUT2D eigenvalue weighted by atomic mass is 9.98. The molecule has 0 radical (unpaired) electrons. The Morgan fingerprint density at radius 3 is 2.62 bits per heavy atom. The molecule has 0 spiro atoms. The van der Waals surface area contributed by atoms with Gasteiger partial charge in [0, 0.05) is 24.7 Å². The van der Waals surface area contributed by atoms with E-state index in [1.165, 1.54) is 51.6 Å². The molecule has 0 bridgehead atoms. The second-order valence-corrected chi connectivity index (χ2v) is 5.77. The van der Waals surface area contributed by atoms with Gasteiger partial charge in [0.15, 0.2) is 0 Å². The maximum Gasteiger partial charge on any atom is 0.0693 e. The van der Waals surface area contributed by atoms with Crippen LogP contribution >= 0.6 is 0 Å². The first-order valence-electron chi connectivity index (χ1n) is 7.03.